The molecule has 1 heterocycles. The summed E-state index contributed by atoms with van der Waals surface area (Å²) in [6.07, 6.45) is 0. The first-order chi connectivity index (χ1) is 14.4. The van der Waals surface area contributed by atoms with Gasteiger partial charge in [0.05, 0.1) is 10.2 Å². The van der Waals surface area contributed by atoms with Crippen molar-refractivity contribution in [2.75, 3.05) is 10.7 Å². The van der Waals surface area contributed by atoms with Crippen LogP contribution in [0, 0.1) is 5.82 Å². The van der Waals surface area contributed by atoms with Crippen LogP contribution in [-0.2, 0) is 11.4 Å². The lowest BCUT2D eigenvalue weighted by atomic mass is 10.1. The molecule has 0 aromatic heterocycles. The molecule has 3 nitrogen and oxygen atoms in total. The lowest BCUT2D eigenvalue weighted by Gasteiger charge is -2.27. The first-order valence-corrected chi connectivity index (χ1v) is 12.0. The second-order valence-corrected chi connectivity index (χ2v) is 9.90. The van der Waals surface area contributed by atoms with Crippen molar-refractivity contribution in [3.8, 4) is 5.75 Å². The largest absolute Gasteiger partial charge is 0.487 e. The molecule has 0 N–H and O–H groups in total. The van der Waals surface area contributed by atoms with Gasteiger partial charge in [0, 0.05) is 20.7 Å². The molecule has 3 aromatic rings. The molecule has 1 aliphatic rings. The minimum atomic E-state index is -0.308. The third kappa shape index (κ3) is 4.69. The number of hydrogen-bond donors (Lipinski definition) is 0. The highest BCUT2D eigenvalue weighted by atomic mass is 79.9. The van der Waals surface area contributed by atoms with Crippen LogP contribution >= 0.6 is 55.2 Å². The third-order valence-corrected chi connectivity index (χ3v) is 7.04. The Morgan fingerprint density at radius 2 is 1.90 bits per heavy atom. The summed E-state index contributed by atoms with van der Waals surface area (Å²) in [7, 11) is 0. The Morgan fingerprint density at radius 3 is 2.63 bits per heavy atom. The van der Waals surface area contributed by atoms with Gasteiger partial charge < -0.3 is 4.74 Å². The Bertz CT molecular complexity index is 1100. The number of nitrogens with zero attached hydrogens (tertiary/aromatic N) is 1. The average molecular weight is 572 g/mol. The van der Waals surface area contributed by atoms with Crippen LogP contribution in [0.15, 0.2) is 69.6 Å². The molecule has 1 fully saturated rings. The summed E-state index contributed by atoms with van der Waals surface area (Å²) in [5.41, 5.74) is 2.34. The number of thioether (sulfide) groups is 1. The Balaban J connectivity index is 1.70. The van der Waals surface area contributed by atoms with Crippen LogP contribution in [0.1, 0.15) is 16.5 Å². The van der Waals surface area contributed by atoms with Gasteiger partial charge in [-0.25, -0.2) is 4.39 Å². The Kier molecular flexibility index (Phi) is 6.72. The van der Waals surface area contributed by atoms with E-state index in [2.05, 4.69) is 31.9 Å². The predicted molar refractivity (Wildman–Crippen MR) is 127 cm³/mol. The van der Waals surface area contributed by atoms with E-state index in [1.807, 2.05) is 30.3 Å². The molecule has 0 radical (unpaired) electrons. The van der Waals surface area contributed by atoms with E-state index in [4.69, 9.17) is 16.3 Å². The van der Waals surface area contributed by atoms with Gasteiger partial charge in [0.25, 0.3) is 0 Å². The topological polar surface area (TPSA) is 29.5 Å². The van der Waals surface area contributed by atoms with Gasteiger partial charge in [0.2, 0.25) is 5.91 Å². The van der Waals surface area contributed by atoms with E-state index in [-0.39, 0.29) is 23.7 Å². The number of carbonyl (C=O) groups excluding carboxylic acids is 1. The van der Waals surface area contributed by atoms with Gasteiger partial charge in [-0.3, -0.25) is 9.69 Å². The zero-order valence-corrected chi connectivity index (χ0v) is 20.2. The summed E-state index contributed by atoms with van der Waals surface area (Å²) in [5, 5.41) is 0.342. The van der Waals surface area contributed by atoms with Crippen LogP contribution in [0.25, 0.3) is 0 Å². The van der Waals surface area contributed by atoms with Crippen molar-refractivity contribution in [1.29, 1.82) is 0 Å². The summed E-state index contributed by atoms with van der Waals surface area (Å²) < 4.78 is 21.2. The van der Waals surface area contributed by atoms with Crippen molar-refractivity contribution >= 4 is 66.8 Å². The zero-order valence-electron chi connectivity index (χ0n) is 15.4. The molecule has 4 rings (SSSR count). The normalized spacial score (nSPS) is 16.2. The second kappa shape index (κ2) is 9.30. The molecule has 8 heteroatoms. The first-order valence-electron chi connectivity index (χ1n) is 8.98. The van der Waals surface area contributed by atoms with Gasteiger partial charge in [0.15, 0.2) is 0 Å². The van der Waals surface area contributed by atoms with Gasteiger partial charge in [0.1, 0.15) is 23.5 Å². The van der Waals surface area contributed by atoms with E-state index in [1.54, 1.807) is 23.1 Å². The smallest absolute Gasteiger partial charge is 0.238 e. The average Bonchev–Trinajstić information content (AvgIpc) is 3.09. The molecule has 1 saturated heterocycles. The maximum absolute atomic E-state index is 13.5. The molecule has 0 saturated carbocycles. The SMILES string of the molecule is O=C1CS[C@@H](c2cc(Br)cc(Br)c2OCc2cccc(F)c2)N1c1ccc(Cl)cc1. The van der Waals surface area contributed by atoms with Crippen LogP contribution < -0.4 is 9.64 Å². The zero-order chi connectivity index (χ0) is 21.3. The minimum absolute atomic E-state index is 0.0134. The molecular formula is C22H15Br2ClFNO2S. The van der Waals surface area contributed by atoms with Gasteiger partial charge in [-0.05, 0) is 70.0 Å². The van der Waals surface area contributed by atoms with Crippen LogP contribution in [0.4, 0.5) is 10.1 Å². The van der Waals surface area contributed by atoms with E-state index in [9.17, 15) is 9.18 Å². The highest BCUT2D eigenvalue weighted by Gasteiger charge is 2.36. The Hall–Kier alpha value is -1.54. The molecule has 3 aromatic carbocycles. The lowest BCUT2D eigenvalue weighted by Crippen LogP contribution is -2.28. The standard InChI is InChI=1S/C22H15Br2ClFNO2S/c23-14-9-18(21(19(24)10-14)29-11-13-2-1-3-16(26)8-13)22-27(20(28)12-30-22)17-6-4-15(25)5-7-17/h1-10,22H,11-12H2/t22-/m0/s1. The predicted octanol–water partition coefficient (Wildman–Crippen LogP) is 7.36. The molecule has 1 amide bonds. The summed E-state index contributed by atoms with van der Waals surface area (Å²) in [5.74, 6) is 0.686. The number of ether oxygens (including phenoxy) is 1. The fourth-order valence-corrected chi connectivity index (χ4v) is 5.91. The minimum Gasteiger partial charge on any atom is -0.487 e. The van der Waals surface area contributed by atoms with Crippen molar-refractivity contribution < 1.29 is 13.9 Å². The van der Waals surface area contributed by atoms with E-state index < -0.39 is 0 Å². The summed E-state index contributed by atoms with van der Waals surface area (Å²) in [6, 6.07) is 17.3. The Morgan fingerprint density at radius 1 is 1.13 bits per heavy atom. The van der Waals surface area contributed by atoms with Crippen molar-refractivity contribution in [2.45, 2.75) is 12.0 Å². The number of benzene rings is 3. The van der Waals surface area contributed by atoms with E-state index in [1.165, 1.54) is 23.9 Å². The fraction of sp³-hybridized carbons (Fsp3) is 0.136. The molecule has 1 aliphatic heterocycles. The highest BCUT2D eigenvalue weighted by Crippen LogP contribution is 2.48. The van der Waals surface area contributed by atoms with Crippen molar-refractivity contribution in [2.24, 2.45) is 0 Å². The molecule has 0 unspecified atom stereocenters. The van der Waals surface area contributed by atoms with E-state index >= 15 is 0 Å². The summed E-state index contributed by atoms with van der Waals surface area (Å²) >= 11 is 14.7. The van der Waals surface area contributed by atoms with Crippen LogP contribution in [-0.4, -0.2) is 11.7 Å². The number of anilines is 1. The molecule has 1 atom stereocenters. The quantitative estimate of drug-likeness (QED) is 0.321. The van der Waals surface area contributed by atoms with Crippen LogP contribution in [0.5, 0.6) is 5.75 Å². The van der Waals surface area contributed by atoms with Gasteiger partial charge in [-0.2, -0.15) is 0 Å². The van der Waals surface area contributed by atoms with E-state index in [0.29, 0.717) is 16.5 Å². The number of hydrogen-bond acceptors (Lipinski definition) is 3. The molecule has 0 aliphatic carbocycles. The molecule has 154 valence electrons. The molecule has 0 spiro atoms. The first kappa shape index (κ1) is 21.7. The third-order valence-electron chi connectivity index (χ3n) is 4.55. The maximum atomic E-state index is 13.5. The number of amides is 1. The molecule has 30 heavy (non-hydrogen) atoms. The number of carbonyl (C=O) groups is 1. The van der Waals surface area contributed by atoms with Crippen LogP contribution in [0.3, 0.4) is 0 Å². The van der Waals surface area contributed by atoms with Crippen molar-refractivity contribution in [1.82, 2.24) is 0 Å². The maximum Gasteiger partial charge on any atom is 0.238 e. The summed E-state index contributed by atoms with van der Waals surface area (Å²) in [6.45, 7) is 0.206. The Labute approximate surface area is 199 Å². The van der Waals surface area contributed by atoms with E-state index in [0.717, 1.165) is 25.8 Å². The second-order valence-electron chi connectivity index (χ2n) is 6.63. The fourth-order valence-electron chi connectivity index (χ4n) is 3.23. The number of rotatable bonds is 5. The summed E-state index contributed by atoms with van der Waals surface area (Å²) in [4.78, 5) is 14.5. The number of halogens is 4. The van der Waals surface area contributed by atoms with Crippen LogP contribution in [0.2, 0.25) is 5.02 Å². The monoisotopic (exact) mass is 569 g/mol. The van der Waals surface area contributed by atoms with Gasteiger partial charge >= 0.3 is 0 Å². The lowest BCUT2D eigenvalue weighted by molar-refractivity contribution is -0.115. The van der Waals surface area contributed by atoms with Crippen molar-refractivity contribution in [3.63, 3.8) is 0 Å². The molecule has 0 bridgehead atoms. The highest BCUT2D eigenvalue weighted by molar-refractivity contribution is 9.11. The van der Waals surface area contributed by atoms with Crippen molar-refractivity contribution in [3.05, 3.63) is 91.6 Å². The molecular weight excluding hydrogens is 557 g/mol. The van der Waals surface area contributed by atoms with Gasteiger partial charge in [-0.1, -0.05) is 39.7 Å². The van der Waals surface area contributed by atoms with Gasteiger partial charge in [-0.15, -0.1) is 11.8 Å².